The van der Waals surface area contributed by atoms with Crippen molar-refractivity contribution >= 4 is 65.7 Å². The van der Waals surface area contributed by atoms with Crippen LogP contribution in [0, 0.1) is 54.0 Å². The van der Waals surface area contributed by atoms with Gasteiger partial charge in [0.25, 0.3) is 0 Å². The maximum Gasteiger partial charge on any atom is 0.0774 e. The van der Waals surface area contributed by atoms with Crippen LogP contribution in [0.15, 0.2) is 334 Å². The van der Waals surface area contributed by atoms with Crippen LogP contribution in [-0.2, 0) is 126 Å². The first kappa shape index (κ1) is 73.7. The van der Waals surface area contributed by atoms with Crippen molar-refractivity contribution in [3.63, 3.8) is 0 Å². The van der Waals surface area contributed by atoms with Gasteiger partial charge in [-0.15, -0.1) is 167 Å². The standard InChI is InChI=1S/2C29H29N2.C27H27N2.C25H25N2.C21H23N2.5Ir/c2*1-19(2)16-21-10-9-11-22(17-20(3)4)28(21)27-18-30-29-25-14-6-5-12-23(25)24-13-7-8-15-26(24)31(27)29;1-19(2)24-17-23(21-11-7-5-8-12-21)18-25(20(3)4)26(24)29-16-15-28-27(29)22-13-9-6-10-14-22;1-17(2)20-13-10-14-21(18(3)4)24(20)27-23-16-9-8-15-22(23)26-25(27)19-11-6-5-7-12-19;1-15(2)18-11-8-12-19(16(3)4)20(18)23-14-13-22-21(23)17-9-6-5-7-10-17;;;;;/h2*5-13,15,18-20H,16-17H2,1-4H3;5-13,15-20H,1-4H3;5-11,13-18H,1-4H3;5-9,11-16H,1-4H3;;;;;/q5*-1;;;;;/i1D3,16D2,17D2;16D2,17D2;1D3,3D3,19D,20D;1D3,3D3,17D,18D;1D3,3D3,15D,16D;;;;;. The molecule has 0 aliphatic carbocycles. The van der Waals surface area contributed by atoms with Gasteiger partial charge in [-0.25, -0.2) is 0 Å². The van der Waals surface area contributed by atoms with Crippen molar-refractivity contribution in [2.75, 3.05) is 0 Å². The Bertz CT molecular complexity index is 9420. The Morgan fingerprint density at radius 3 is 1.04 bits per heavy atom. The minimum Gasteiger partial charge on any atom is -0.340 e. The molecule has 0 saturated carbocycles. The molecule has 0 amide bonds. The molecule has 7 heterocycles. The predicted octanol–water partition coefficient (Wildman–Crippen LogP) is 34.6. The quantitative estimate of drug-likeness (QED) is 0.0470. The Morgan fingerprint density at radius 1 is 0.301 bits per heavy atom. The molecule has 15 heteroatoms. The average Bonchev–Trinajstić information content (AvgIpc) is 1.51. The van der Waals surface area contributed by atoms with Crippen molar-refractivity contribution in [2.24, 2.45) is 23.7 Å². The van der Waals surface area contributed by atoms with Crippen molar-refractivity contribution in [2.45, 2.75) is 199 Å². The molecule has 0 aliphatic rings. The molecule has 5 radical (unpaired) electrons. The number of benzene rings is 14. The van der Waals surface area contributed by atoms with E-state index < -0.39 is 121 Å². The topological polar surface area (TPSA) is 88.1 Å². The second-order valence-electron chi connectivity index (χ2n) is 35.5. The SMILES string of the molecule is [2H]C([2H])([2H])C(C)C([2H])([2H])c1cccc(C([2H])([2H])C(C)C)c1-c1cnc2c3[c-]cccc3c3ccccc3n12.[2H]C([2H])([2H])C([2H])(C)c1cc(-c2ccccc2)cc(C([2H])(C)C([2H])([2H])[2H])c1-n1ccnc1-c1[c-]cccc1.[2H]C([2H])([2H])C([2H])(C)c1cccc(C([2H])(C)C([2H])([2H])[2H])c1-n1c(-c2[c-]cccc2)nc2ccccc21.[2H]C([2H])([2H])C([2H])(C)c1cccc(C([2H])(C)C([2H])([2H])[2H])c1-n1ccnc1-c1[c-]cccc1.[2H]C([2H])(c1cccc(C([2H])([2H])C(C)C)c1-c1cnc2c3[c-]cccc3c3ccccc3n12)C(C)C.[Ir].[Ir].[Ir].[Ir].[Ir]. The first-order valence-electron chi connectivity index (χ1n) is 64.5. The maximum atomic E-state index is 9.05. The smallest absolute Gasteiger partial charge is 0.0774 e. The summed E-state index contributed by atoms with van der Waals surface area (Å²) in [7, 11) is 0. The van der Waals surface area contributed by atoms with Crippen LogP contribution in [0.25, 0.3) is 151 Å². The van der Waals surface area contributed by atoms with Gasteiger partial charge in [-0.05, 0) is 198 Å². The molecule has 146 heavy (non-hydrogen) atoms. The summed E-state index contributed by atoms with van der Waals surface area (Å²) in [5.74, 6) is -13.8. The van der Waals surface area contributed by atoms with Crippen LogP contribution in [0.3, 0.4) is 0 Å². The van der Waals surface area contributed by atoms with Gasteiger partial charge in [0.1, 0.15) is 0 Å². The predicted molar refractivity (Wildman–Crippen MR) is 594 cm³/mol. The number of imidazole rings is 5. The van der Waals surface area contributed by atoms with Gasteiger partial charge in [0.2, 0.25) is 0 Å². The van der Waals surface area contributed by atoms with Gasteiger partial charge < -0.3 is 22.5 Å². The number of fused-ring (bicyclic) bond motifs is 13. The van der Waals surface area contributed by atoms with Gasteiger partial charge in [0, 0.05) is 225 Å². The third kappa shape index (κ3) is 24.6. The number of hydrogen-bond acceptors (Lipinski definition) is 5. The molecule has 21 aromatic rings. The Morgan fingerprint density at radius 2 is 0.644 bits per heavy atom. The Labute approximate surface area is 982 Å². The molecule has 0 aliphatic heterocycles. The van der Waals surface area contributed by atoms with E-state index >= 15 is 0 Å². The maximum absolute atomic E-state index is 9.05. The normalized spacial score (nSPS) is 18.5. The van der Waals surface area contributed by atoms with Crippen molar-refractivity contribution in [3.05, 3.63) is 420 Å². The third-order valence-electron chi connectivity index (χ3n) is 24.0. The largest absolute Gasteiger partial charge is 0.340 e. The minimum absolute atomic E-state index is 0. The van der Waals surface area contributed by atoms with Crippen LogP contribution in [0.4, 0.5) is 0 Å². The van der Waals surface area contributed by atoms with E-state index in [1.807, 2.05) is 152 Å². The van der Waals surface area contributed by atoms with E-state index in [2.05, 4.69) is 52.4 Å². The average molecular weight is 2840 g/mol. The van der Waals surface area contributed by atoms with Gasteiger partial charge in [-0.1, -0.05) is 300 Å². The van der Waals surface area contributed by atoms with Crippen LogP contribution in [0.1, 0.15) is 277 Å². The van der Waals surface area contributed by atoms with Crippen LogP contribution < -0.4 is 0 Å². The molecule has 10 nitrogen and oxygen atoms in total. The Balaban J connectivity index is 0.000000195. The van der Waals surface area contributed by atoms with Gasteiger partial charge in [0.15, 0.2) is 0 Å². The molecule has 21 rings (SSSR count). The zero-order valence-electron chi connectivity index (χ0n) is 118. The van der Waals surface area contributed by atoms with Crippen molar-refractivity contribution in [3.8, 4) is 84.9 Å². The zero-order valence-corrected chi connectivity index (χ0v) is 94.7. The van der Waals surface area contributed by atoms with E-state index in [0.29, 0.717) is 101 Å². The molecule has 0 bridgehead atoms. The van der Waals surface area contributed by atoms with Gasteiger partial charge in [-0.2, -0.15) is 0 Å². The molecule has 0 saturated heterocycles. The van der Waals surface area contributed by atoms with Crippen molar-refractivity contribution in [1.82, 2.24) is 47.4 Å². The van der Waals surface area contributed by atoms with E-state index in [4.69, 9.17) is 62.9 Å². The number of hydrogen-bond donors (Lipinski definition) is 0. The second-order valence-corrected chi connectivity index (χ2v) is 35.5. The molecule has 757 valence electrons. The zero-order chi connectivity index (χ0) is 129. The van der Waals surface area contributed by atoms with E-state index in [0.717, 1.165) is 49.0 Å². The summed E-state index contributed by atoms with van der Waals surface area (Å²) in [5, 5.41) is 5.71. The van der Waals surface area contributed by atoms with Crippen LogP contribution >= 0.6 is 0 Å². The van der Waals surface area contributed by atoms with E-state index in [1.54, 1.807) is 186 Å². The molecule has 0 spiro atoms. The van der Waals surface area contributed by atoms with Gasteiger partial charge >= 0.3 is 0 Å². The summed E-state index contributed by atoms with van der Waals surface area (Å²) in [4.78, 5) is 23.1. The molecule has 0 fully saturated rings. The minimum atomic E-state index is -2.76. The fraction of sp³-hybridized carbons (Fsp3) is 0.260. The first-order valence-corrected chi connectivity index (χ1v) is 47.0. The van der Waals surface area contributed by atoms with E-state index in [1.165, 1.54) is 97.3 Å². The molecule has 7 unspecified atom stereocenters. The van der Waals surface area contributed by atoms with Gasteiger partial charge in [0.05, 0.1) is 51.2 Å². The molecule has 14 aromatic carbocycles. The van der Waals surface area contributed by atoms with E-state index in [9.17, 15) is 0 Å². The van der Waals surface area contributed by atoms with Crippen molar-refractivity contribution < 1.29 is 149 Å². The molecule has 7 atom stereocenters. The van der Waals surface area contributed by atoms with Crippen LogP contribution in [0.2, 0.25) is 0 Å². The number of rotatable bonds is 23. The second kappa shape index (κ2) is 51.5. The number of nitrogens with zero attached hydrogens (tertiary/aromatic N) is 10. The van der Waals surface area contributed by atoms with Gasteiger partial charge in [-0.3, -0.25) is 24.9 Å². The van der Waals surface area contributed by atoms with Crippen molar-refractivity contribution in [1.29, 1.82) is 0 Å². The fourth-order valence-electron chi connectivity index (χ4n) is 18.1. The molecular formula is C131H133Ir5N10-5. The number of pyridine rings is 2. The monoisotopic (exact) mass is 2850 g/mol. The van der Waals surface area contributed by atoms with E-state index in [-0.39, 0.29) is 168 Å². The first-order chi connectivity index (χ1) is 81.9. The Kier molecular flexibility index (Phi) is 26.0. The van der Waals surface area contributed by atoms with Crippen LogP contribution in [0.5, 0.6) is 0 Å². The summed E-state index contributed by atoms with van der Waals surface area (Å²) < 4.78 is 303. The summed E-state index contributed by atoms with van der Waals surface area (Å²) in [6.45, 7) is 1.16. The summed E-state index contributed by atoms with van der Waals surface area (Å²) in [5.41, 5.74) is 11.8. The Hall–Kier alpha value is -11.4. The summed E-state index contributed by atoms with van der Waals surface area (Å²) in [6.07, 6.45) is 2.14. The number of para-hydroxylation sites is 6. The number of aromatic nitrogens is 10. The summed E-state index contributed by atoms with van der Waals surface area (Å²) >= 11 is 0. The van der Waals surface area contributed by atoms with Crippen LogP contribution in [-0.4, -0.2) is 47.4 Å². The molecule has 0 N–H and O–H groups in total. The fourth-order valence-corrected chi connectivity index (χ4v) is 18.1. The molecule has 7 aromatic heterocycles. The third-order valence-corrected chi connectivity index (χ3v) is 24.0. The summed E-state index contributed by atoms with van der Waals surface area (Å²) in [6, 6.07) is 104. The molecular weight excluding hydrogens is 2670 g/mol.